The largest absolute Gasteiger partial charge is 0.394 e. The van der Waals surface area contributed by atoms with Gasteiger partial charge in [-0.2, -0.15) is 0 Å². The number of carbonyl (C=O) groups excluding carboxylic acids is 1. The van der Waals surface area contributed by atoms with Gasteiger partial charge >= 0.3 is 0 Å². The Balaban J connectivity index is 2.23. The quantitative estimate of drug-likeness (QED) is 0.0261. The Bertz CT molecular complexity index is 1090. The number of aliphatic hydroxyl groups excluding tert-OH is 5. The molecule has 0 spiro atoms. The summed E-state index contributed by atoms with van der Waals surface area (Å²) in [5.41, 5.74) is 0. The second-order valence-corrected chi connectivity index (χ2v) is 20.1. The minimum atomic E-state index is -1.57. The van der Waals surface area contributed by atoms with Gasteiger partial charge in [-0.05, 0) is 44.9 Å². The molecule has 7 atom stereocenters. The molecule has 1 rings (SSSR count). The average molecular weight is 936 g/mol. The highest BCUT2D eigenvalue weighted by Gasteiger charge is 2.44. The molecule has 0 bridgehead atoms. The summed E-state index contributed by atoms with van der Waals surface area (Å²) in [5.74, 6) is -0.178. The highest BCUT2D eigenvalue weighted by atomic mass is 16.7. The van der Waals surface area contributed by atoms with Gasteiger partial charge in [0.15, 0.2) is 6.29 Å². The number of rotatable bonds is 49. The van der Waals surface area contributed by atoms with Crippen molar-refractivity contribution in [2.45, 2.75) is 320 Å². The lowest BCUT2D eigenvalue weighted by Gasteiger charge is -2.40. The summed E-state index contributed by atoms with van der Waals surface area (Å²) >= 11 is 0. The number of allylic oxidation sites excluding steroid dienone is 3. The number of ether oxygens (including phenoxy) is 2. The fraction of sp³-hybridized carbons (Fsp3) is 0.912. The second kappa shape index (κ2) is 47.4. The molecule has 390 valence electrons. The van der Waals surface area contributed by atoms with Gasteiger partial charge in [0.25, 0.3) is 0 Å². The molecule has 9 nitrogen and oxygen atoms in total. The zero-order valence-electron chi connectivity index (χ0n) is 43.2. The summed E-state index contributed by atoms with van der Waals surface area (Å²) in [6, 6.07) is -0.805. The van der Waals surface area contributed by atoms with Crippen molar-refractivity contribution in [1.29, 1.82) is 0 Å². The molecule has 0 aliphatic carbocycles. The number of carbonyl (C=O) groups is 1. The third-order valence-corrected chi connectivity index (χ3v) is 13.8. The third-order valence-electron chi connectivity index (χ3n) is 13.8. The van der Waals surface area contributed by atoms with Gasteiger partial charge in [0, 0.05) is 6.42 Å². The van der Waals surface area contributed by atoms with E-state index in [-0.39, 0.29) is 12.5 Å². The Morgan fingerprint density at radius 3 is 1.23 bits per heavy atom. The Kier molecular flexibility index (Phi) is 45.0. The van der Waals surface area contributed by atoms with E-state index in [0.717, 1.165) is 38.5 Å². The molecular weight excluding hydrogens is 827 g/mol. The first kappa shape index (κ1) is 62.7. The fourth-order valence-electron chi connectivity index (χ4n) is 9.21. The summed E-state index contributed by atoms with van der Waals surface area (Å²) < 4.78 is 11.3. The van der Waals surface area contributed by atoms with Crippen molar-refractivity contribution >= 4 is 5.91 Å². The maximum atomic E-state index is 13.0. The average Bonchev–Trinajstić information content (AvgIpc) is 3.32. The summed E-state index contributed by atoms with van der Waals surface area (Å²) in [7, 11) is 0. The predicted molar refractivity (Wildman–Crippen MR) is 277 cm³/mol. The number of amides is 1. The number of aliphatic hydroxyl groups is 5. The summed E-state index contributed by atoms with van der Waals surface area (Å²) in [6.07, 6.45) is 52.4. The maximum Gasteiger partial charge on any atom is 0.220 e. The normalized spacial score (nSPS) is 19.9. The van der Waals surface area contributed by atoms with Gasteiger partial charge in [0.05, 0.1) is 25.4 Å². The van der Waals surface area contributed by atoms with Gasteiger partial charge in [0.1, 0.15) is 24.4 Å². The lowest BCUT2D eigenvalue weighted by molar-refractivity contribution is -0.302. The Hall–Kier alpha value is -1.33. The van der Waals surface area contributed by atoms with Crippen LogP contribution in [0.4, 0.5) is 0 Å². The van der Waals surface area contributed by atoms with Crippen molar-refractivity contribution in [2.75, 3.05) is 13.2 Å². The summed E-state index contributed by atoms with van der Waals surface area (Å²) in [5, 5.41) is 54.5. The van der Waals surface area contributed by atoms with Crippen molar-refractivity contribution in [3.63, 3.8) is 0 Å². The molecule has 1 aliphatic rings. The van der Waals surface area contributed by atoms with Gasteiger partial charge in [0.2, 0.25) is 5.91 Å². The zero-order chi connectivity index (χ0) is 48.0. The van der Waals surface area contributed by atoms with Crippen LogP contribution in [0, 0.1) is 0 Å². The van der Waals surface area contributed by atoms with E-state index in [1.54, 1.807) is 6.08 Å². The Morgan fingerprint density at radius 2 is 0.848 bits per heavy atom. The molecule has 1 heterocycles. The van der Waals surface area contributed by atoms with Crippen LogP contribution in [0.3, 0.4) is 0 Å². The van der Waals surface area contributed by atoms with Crippen molar-refractivity contribution in [2.24, 2.45) is 0 Å². The van der Waals surface area contributed by atoms with Gasteiger partial charge in [-0.25, -0.2) is 0 Å². The zero-order valence-corrected chi connectivity index (χ0v) is 43.2. The number of nitrogens with one attached hydrogen (secondary N) is 1. The SMILES string of the molecule is CCCCCCCCC/C=C\CCCCCCCCCC(=O)NC(COC1OC(CO)C(O)C(O)C1O)C(O)/C=C/CCCCCCCCCCCCCCCCCCCCCCCCC. The van der Waals surface area contributed by atoms with Crippen LogP contribution in [-0.4, -0.2) is 87.5 Å². The monoisotopic (exact) mass is 936 g/mol. The Labute approximate surface area is 407 Å². The first-order valence-corrected chi connectivity index (χ1v) is 28.6. The predicted octanol–water partition coefficient (Wildman–Crippen LogP) is 13.8. The van der Waals surface area contributed by atoms with E-state index >= 15 is 0 Å². The molecule has 6 N–H and O–H groups in total. The standard InChI is InChI=1S/C57H109NO8/c1-3-5-7-9-11-13-15-17-19-21-23-24-25-26-27-28-29-30-32-34-36-38-40-42-44-46-51(60)50(49-65-57-56(64)55(63)54(62)52(48-59)66-57)58-53(61)47-45-43-41-39-37-35-33-31-22-20-18-16-14-12-10-8-6-4-2/h20,22,44,46,50-52,54-57,59-60,62-64H,3-19,21,23-43,45,47-49H2,1-2H3,(H,58,61)/b22-20-,46-44+. The Morgan fingerprint density at radius 1 is 0.500 bits per heavy atom. The smallest absolute Gasteiger partial charge is 0.220 e. The molecule has 0 aromatic heterocycles. The van der Waals surface area contributed by atoms with Crippen molar-refractivity contribution < 1.29 is 39.8 Å². The van der Waals surface area contributed by atoms with E-state index in [4.69, 9.17) is 9.47 Å². The van der Waals surface area contributed by atoms with Crippen LogP contribution < -0.4 is 5.32 Å². The minimum Gasteiger partial charge on any atom is -0.394 e. The molecule has 9 heteroatoms. The lowest BCUT2D eigenvalue weighted by atomic mass is 9.99. The molecular formula is C57H109NO8. The van der Waals surface area contributed by atoms with E-state index in [1.165, 1.54) is 218 Å². The molecule has 0 radical (unpaired) electrons. The van der Waals surface area contributed by atoms with Gasteiger partial charge < -0.3 is 40.3 Å². The van der Waals surface area contributed by atoms with Crippen LogP contribution >= 0.6 is 0 Å². The molecule has 1 aliphatic heterocycles. The maximum absolute atomic E-state index is 13.0. The van der Waals surface area contributed by atoms with E-state index in [2.05, 4.69) is 31.3 Å². The molecule has 0 aromatic carbocycles. The van der Waals surface area contributed by atoms with E-state index in [9.17, 15) is 30.3 Å². The van der Waals surface area contributed by atoms with Crippen molar-refractivity contribution in [1.82, 2.24) is 5.32 Å². The van der Waals surface area contributed by atoms with Gasteiger partial charge in [-0.1, -0.05) is 250 Å². The lowest BCUT2D eigenvalue weighted by Crippen LogP contribution is -2.60. The van der Waals surface area contributed by atoms with E-state index < -0.39 is 49.5 Å². The van der Waals surface area contributed by atoms with Crippen LogP contribution in [0.5, 0.6) is 0 Å². The summed E-state index contributed by atoms with van der Waals surface area (Å²) in [6.45, 7) is 3.80. The fourth-order valence-corrected chi connectivity index (χ4v) is 9.21. The summed E-state index contributed by atoms with van der Waals surface area (Å²) in [4.78, 5) is 13.0. The number of unbranched alkanes of at least 4 members (excludes halogenated alkanes) is 37. The van der Waals surface area contributed by atoms with Gasteiger partial charge in [-0.3, -0.25) is 4.79 Å². The molecule has 1 fully saturated rings. The molecule has 1 saturated heterocycles. The third kappa shape index (κ3) is 36.6. The molecule has 0 saturated carbocycles. The van der Waals surface area contributed by atoms with Crippen LogP contribution in [0.1, 0.15) is 277 Å². The highest BCUT2D eigenvalue weighted by molar-refractivity contribution is 5.76. The number of hydrogen-bond acceptors (Lipinski definition) is 8. The van der Waals surface area contributed by atoms with Crippen LogP contribution in [0.15, 0.2) is 24.3 Å². The van der Waals surface area contributed by atoms with E-state index in [1.807, 2.05) is 6.08 Å². The van der Waals surface area contributed by atoms with Crippen LogP contribution in [-0.2, 0) is 14.3 Å². The topological polar surface area (TPSA) is 149 Å². The van der Waals surface area contributed by atoms with Crippen molar-refractivity contribution in [3.8, 4) is 0 Å². The first-order valence-electron chi connectivity index (χ1n) is 28.6. The van der Waals surface area contributed by atoms with E-state index in [0.29, 0.717) is 6.42 Å². The molecule has 7 unspecified atom stereocenters. The molecule has 0 aromatic rings. The first-order chi connectivity index (χ1) is 32.3. The second-order valence-electron chi connectivity index (χ2n) is 20.1. The molecule has 1 amide bonds. The minimum absolute atomic E-state index is 0.178. The van der Waals surface area contributed by atoms with Gasteiger partial charge in [-0.15, -0.1) is 0 Å². The molecule has 66 heavy (non-hydrogen) atoms. The van der Waals surface area contributed by atoms with Crippen LogP contribution in [0.2, 0.25) is 0 Å². The number of hydrogen-bond donors (Lipinski definition) is 6. The van der Waals surface area contributed by atoms with Crippen LogP contribution in [0.25, 0.3) is 0 Å². The van der Waals surface area contributed by atoms with Crippen molar-refractivity contribution in [3.05, 3.63) is 24.3 Å². The highest BCUT2D eigenvalue weighted by Crippen LogP contribution is 2.23.